The van der Waals surface area contributed by atoms with Gasteiger partial charge in [0.25, 0.3) is 5.91 Å². The molecule has 4 fully saturated rings. The molecular formula is C23H30N2O5. The van der Waals surface area contributed by atoms with Crippen LogP contribution in [0.5, 0.6) is 5.75 Å². The van der Waals surface area contributed by atoms with Crippen LogP contribution in [0.25, 0.3) is 0 Å². The molecule has 7 nitrogen and oxygen atoms in total. The van der Waals surface area contributed by atoms with Gasteiger partial charge in [0, 0.05) is 6.54 Å². The van der Waals surface area contributed by atoms with E-state index in [1.54, 1.807) is 19.2 Å². The van der Waals surface area contributed by atoms with Crippen LogP contribution in [0.1, 0.15) is 44.1 Å². The summed E-state index contributed by atoms with van der Waals surface area (Å²) in [6.07, 6.45) is 9.34. The molecule has 0 aromatic heterocycles. The van der Waals surface area contributed by atoms with Gasteiger partial charge in [-0.25, -0.2) is 4.79 Å². The van der Waals surface area contributed by atoms with Crippen LogP contribution in [0.15, 0.2) is 29.4 Å². The Balaban J connectivity index is 1.12. The summed E-state index contributed by atoms with van der Waals surface area (Å²) in [5.74, 6) is 2.43. The van der Waals surface area contributed by atoms with Crippen molar-refractivity contribution in [2.24, 2.45) is 28.3 Å². The highest BCUT2D eigenvalue weighted by atomic mass is 16.7. The van der Waals surface area contributed by atoms with Gasteiger partial charge in [-0.05, 0) is 91.5 Å². The molecule has 1 aromatic rings. The summed E-state index contributed by atoms with van der Waals surface area (Å²) < 4.78 is 10.1. The van der Waals surface area contributed by atoms with Crippen molar-refractivity contribution in [3.8, 4) is 5.75 Å². The molecule has 0 spiro atoms. The Kier molecular flexibility index (Phi) is 6.25. The molecule has 0 saturated heterocycles. The van der Waals surface area contributed by atoms with E-state index in [-0.39, 0.29) is 24.5 Å². The molecule has 162 valence electrons. The number of hydrogen-bond acceptors (Lipinski definition) is 6. The number of carbonyl (C=O) groups is 2. The predicted octanol–water partition coefficient (Wildman–Crippen LogP) is 2.92. The van der Waals surface area contributed by atoms with E-state index in [1.807, 2.05) is 12.1 Å². The van der Waals surface area contributed by atoms with Crippen LogP contribution in [-0.4, -0.2) is 45.0 Å². The maximum absolute atomic E-state index is 12.1. The molecule has 7 heteroatoms. The first-order valence-electron chi connectivity index (χ1n) is 10.8. The number of nitrogens with one attached hydrogen (secondary N) is 1. The minimum Gasteiger partial charge on any atom is -0.497 e. The van der Waals surface area contributed by atoms with Crippen molar-refractivity contribution in [2.75, 3.05) is 26.9 Å². The average molecular weight is 415 g/mol. The molecular weight excluding hydrogens is 384 g/mol. The second-order valence-corrected chi connectivity index (χ2v) is 9.14. The molecule has 4 bridgehead atoms. The highest BCUT2D eigenvalue weighted by molar-refractivity contribution is 5.81. The Morgan fingerprint density at radius 1 is 1.07 bits per heavy atom. The SMILES string of the molecule is COc1ccc(/C=N\OCC(=O)OCC(=O)NCC23CC4CC(CC(C4)C2)C3)cc1. The summed E-state index contributed by atoms with van der Waals surface area (Å²) in [5.41, 5.74) is 1.08. The van der Waals surface area contributed by atoms with E-state index in [2.05, 4.69) is 10.5 Å². The summed E-state index contributed by atoms with van der Waals surface area (Å²) >= 11 is 0. The third-order valence-electron chi connectivity index (χ3n) is 6.76. The van der Waals surface area contributed by atoms with Crippen molar-refractivity contribution in [1.82, 2.24) is 5.32 Å². The van der Waals surface area contributed by atoms with Gasteiger partial charge in [-0.2, -0.15) is 0 Å². The van der Waals surface area contributed by atoms with E-state index in [0.29, 0.717) is 6.54 Å². The Morgan fingerprint density at radius 3 is 2.30 bits per heavy atom. The van der Waals surface area contributed by atoms with Crippen LogP contribution in [0.3, 0.4) is 0 Å². The summed E-state index contributed by atoms with van der Waals surface area (Å²) in [5, 5.41) is 6.74. The Labute approximate surface area is 177 Å². The van der Waals surface area contributed by atoms with Crippen LogP contribution < -0.4 is 10.1 Å². The fraction of sp³-hybridized carbons (Fsp3) is 0.609. The van der Waals surface area contributed by atoms with E-state index in [1.165, 1.54) is 44.7 Å². The first kappa shape index (κ1) is 20.7. The maximum atomic E-state index is 12.1. The quantitative estimate of drug-likeness (QED) is 0.381. The number of benzene rings is 1. The highest BCUT2D eigenvalue weighted by Gasteiger charge is 2.50. The number of rotatable bonds is 9. The lowest BCUT2D eigenvalue weighted by Gasteiger charge is -2.56. The fourth-order valence-electron chi connectivity index (χ4n) is 5.91. The second kappa shape index (κ2) is 9.06. The van der Waals surface area contributed by atoms with Crippen molar-refractivity contribution in [3.05, 3.63) is 29.8 Å². The second-order valence-electron chi connectivity index (χ2n) is 9.14. The van der Waals surface area contributed by atoms with E-state index >= 15 is 0 Å². The number of methoxy groups -OCH3 is 1. The lowest BCUT2D eigenvalue weighted by molar-refractivity contribution is -0.153. The largest absolute Gasteiger partial charge is 0.497 e. The molecule has 1 amide bonds. The Morgan fingerprint density at radius 2 is 1.70 bits per heavy atom. The minimum atomic E-state index is -0.619. The van der Waals surface area contributed by atoms with Crippen molar-refractivity contribution in [1.29, 1.82) is 0 Å². The summed E-state index contributed by atoms with van der Waals surface area (Å²) in [6.45, 7) is 0.0845. The lowest BCUT2D eigenvalue weighted by Crippen LogP contribution is -2.51. The summed E-state index contributed by atoms with van der Waals surface area (Å²) in [7, 11) is 1.60. The van der Waals surface area contributed by atoms with Gasteiger partial charge in [0.15, 0.2) is 6.61 Å². The molecule has 1 N–H and O–H groups in total. The molecule has 0 radical (unpaired) electrons. The van der Waals surface area contributed by atoms with Crippen molar-refractivity contribution >= 4 is 18.1 Å². The van der Waals surface area contributed by atoms with E-state index in [0.717, 1.165) is 29.1 Å². The molecule has 0 atom stereocenters. The van der Waals surface area contributed by atoms with Gasteiger partial charge in [0.2, 0.25) is 6.61 Å². The summed E-state index contributed by atoms with van der Waals surface area (Å²) in [6, 6.07) is 7.24. The van der Waals surface area contributed by atoms with Crippen LogP contribution in [-0.2, 0) is 19.2 Å². The topological polar surface area (TPSA) is 86.2 Å². The van der Waals surface area contributed by atoms with Crippen LogP contribution in [0.4, 0.5) is 0 Å². The molecule has 5 rings (SSSR count). The molecule has 0 heterocycles. The number of carbonyl (C=O) groups excluding carboxylic acids is 2. The molecule has 4 saturated carbocycles. The average Bonchev–Trinajstić information content (AvgIpc) is 2.73. The maximum Gasteiger partial charge on any atom is 0.347 e. The Hall–Kier alpha value is -2.57. The number of esters is 1. The standard InChI is InChI=1S/C23H30N2O5/c1-28-20-4-2-16(3-5-20)12-25-30-14-22(27)29-13-21(26)24-15-23-9-17-6-18(10-23)8-19(7-17)11-23/h2-5,12,17-19H,6-11,13-15H2,1H3,(H,24,26)/b25-12-. The number of amides is 1. The van der Waals surface area contributed by atoms with Gasteiger partial charge < -0.3 is 19.6 Å². The van der Waals surface area contributed by atoms with Crippen molar-refractivity contribution in [2.45, 2.75) is 38.5 Å². The normalized spacial score (nSPS) is 29.0. The van der Waals surface area contributed by atoms with Gasteiger partial charge in [-0.3, -0.25) is 4.79 Å². The van der Waals surface area contributed by atoms with Gasteiger partial charge in [-0.15, -0.1) is 0 Å². The smallest absolute Gasteiger partial charge is 0.347 e. The van der Waals surface area contributed by atoms with Crippen LogP contribution >= 0.6 is 0 Å². The molecule has 0 aliphatic heterocycles. The zero-order valence-corrected chi connectivity index (χ0v) is 17.5. The zero-order valence-electron chi connectivity index (χ0n) is 17.5. The van der Waals surface area contributed by atoms with Gasteiger partial charge >= 0.3 is 5.97 Å². The van der Waals surface area contributed by atoms with E-state index in [4.69, 9.17) is 14.3 Å². The van der Waals surface area contributed by atoms with Crippen LogP contribution in [0.2, 0.25) is 0 Å². The van der Waals surface area contributed by atoms with Crippen LogP contribution in [0, 0.1) is 23.2 Å². The lowest BCUT2D eigenvalue weighted by atomic mass is 9.49. The van der Waals surface area contributed by atoms with Gasteiger partial charge in [-0.1, -0.05) is 5.16 Å². The van der Waals surface area contributed by atoms with Gasteiger partial charge in [0.1, 0.15) is 5.75 Å². The number of nitrogens with zero attached hydrogens (tertiary/aromatic N) is 1. The van der Waals surface area contributed by atoms with Gasteiger partial charge in [0.05, 0.1) is 13.3 Å². The number of oxime groups is 1. The third kappa shape index (κ3) is 5.12. The fourth-order valence-corrected chi connectivity index (χ4v) is 5.91. The van der Waals surface area contributed by atoms with E-state index in [9.17, 15) is 9.59 Å². The first-order chi connectivity index (χ1) is 14.5. The number of hydrogen-bond donors (Lipinski definition) is 1. The molecule has 4 aliphatic carbocycles. The number of ether oxygens (including phenoxy) is 2. The van der Waals surface area contributed by atoms with Crippen molar-refractivity contribution in [3.63, 3.8) is 0 Å². The monoisotopic (exact) mass is 414 g/mol. The first-order valence-corrected chi connectivity index (χ1v) is 10.8. The molecule has 0 unspecified atom stereocenters. The Bertz CT molecular complexity index is 754. The van der Waals surface area contributed by atoms with E-state index < -0.39 is 5.97 Å². The zero-order chi connectivity index (χ0) is 21.0. The van der Waals surface area contributed by atoms with Crippen molar-refractivity contribution < 1.29 is 23.9 Å². The predicted molar refractivity (Wildman–Crippen MR) is 111 cm³/mol. The summed E-state index contributed by atoms with van der Waals surface area (Å²) in [4.78, 5) is 28.8. The molecule has 4 aliphatic rings. The highest BCUT2D eigenvalue weighted by Crippen LogP contribution is 2.59. The minimum absolute atomic E-state index is 0.249. The molecule has 30 heavy (non-hydrogen) atoms. The third-order valence-corrected chi connectivity index (χ3v) is 6.76. The molecule has 1 aromatic carbocycles.